The van der Waals surface area contributed by atoms with Crippen molar-refractivity contribution in [3.05, 3.63) is 23.6 Å². The van der Waals surface area contributed by atoms with Gasteiger partial charge in [-0.1, -0.05) is 24.9 Å². The van der Waals surface area contributed by atoms with E-state index in [1.807, 2.05) is 18.7 Å². The Balaban J connectivity index is 1.38. The molecule has 0 amide bonds. The molecule has 2 fully saturated rings. The van der Waals surface area contributed by atoms with Gasteiger partial charge in [0.1, 0.15) is 0 Å². The maximum Gasteiger partial charge on any atom is 0.185 e. The minimum absolute atomic E-state index is 0.258. The van der Waals surface area contributed by atoms with E-state index >= 15 is 0 Å². The molecule has 2 aliphatic rings. The Morgan fingerprint density at radius 1 is 0.727 bits per heavy atom. The van der Waals surface area contributed by atoms with Gasteiger partial charge in [0.15, 0.2) is 5.12 Å². The van der Waals surface area contributed by atoms with E-state index in [1.165, 1.54) is 75.0 Å². The fraction of sp³-hybridized carbons (Fsp3) is 0.783. The van der Waals surface area contributed by atoms with Crippen molar-refractivity contribution in [1.82, 2.24) is 0 Å². The van der Waals surface area contributed by atoms with Crippen LogP contribution in [0.1, 0.15) is 13.8 Å². The van der Waals surface area contributed by atoms with E-state index in [9.17, 15) is 4.79 Å². The fourth-order valence-corrected chi connectivity index (χ4v) is 15.5. The zero-order valence-corrected chi connectivity index (χ0v) is 27.1. The molecule has 0 spiro atoms. The van der Waals surface area contributed by atoms with Crippen molar-refractivity contribution in [2.24, 2.45) is 0 Å². The van der Waals surface area contributed by atoms with Crippen LogP contribution in [0.25, 0.3) is 0 Å². The summed E-state index contributed by atoms with van der Waals surface area (Å²) >= 11 is 18.3. The highest BCUT2D eigenvalue weighted by Gasteiger charge is 2.24. The molecule has 1 nitrogen and oxygen atoms in total. The van der Waals surface area contributed by atoms with Crippen LogP contribution in [0, 0.1) is 0 Å². The van der Waals surface area contributed by atoms with Crippen molar-refractivity contribution < 1.29 is 4.79 Å². The zero-order valence-electron chi connectivity index (χ0n) is 19.8. The minimum atomic E-state index is 0.258. The van der Waals surface area contributed by atoms with Gasteiger partial charge in [-0.3, -0.25) is 4.79 Å². The quantitative estimate of drug-likeness (QED) is 0.126. The van der Waals surface area contributed by atoms with Crippen LogP contribution in [0.5, 0.6) is 0 Å². The highest BCUT2D eigenvalue weighted by Crippen LogP contribution is 2.36. The summed E-state index contributed by atoms with van der Waals surface area (Å²) in [6, 6.07) is 0. The van der Waals surface area contributed by atoms with E-state index in [0.717, 1.165) is 32.0 Å². The van der Waals surface area contributed by atoms with E-state index in [1.54, 1.807) is 6.92 Å². The number of carbonyl (C=O) groups is 1. The molecule has 0 bridgehead atoms. The summed E-state index contributed by atoms with van der Waals surface area (Å²) in [5.41, 5.74) is 1.11. The Bertz CT molecular complexity index is 592. The van der Waals surface area contributed by atoms with E-state index < -0.39 is 0 Å². The molecule has 0 aromatic carbocycles. The summed E-state index contributed by atoms with van der Waals surface area (Å²) in [6.07, 6.45) is 0. The third kappa shape index (κ3) is 15.3. The molecule has 4 unspecified atom stereocenters. The van der Waals surface area contributed by atoms with Crippen LogP contribution in [0.15, 0.2) is 23.6 Å². The van der Waals surface area contributed by atoms with Crippen LogP contribution < -0.4 is 0 Å². The van der Waals surface area contributed by atoms with Gasteiger partial charge < -0.3 is 0 Å². The third-order valence-corrected chi connectivity index (χ3v) is 18.0. The average molecular weight is 619 g/mol. The molecule has 33 heavy (non-hydrogen) atoms. The number of rotatable bonds is 16. The zero-order chi connectivity index (χ0) is 23.9. The minimum Gasteiger partial charge on any atom is -0.288 e. The standard InChI is InChI=1S/C23H38OS9/c1-17(2)18(3)29-13-21-15-31-20(14-32-21)9-26-7-5-25-6-8-27-10-22-11-28-12-23(33-22)16-30-19(4)24/h20-23H,1,3,5-16H2,2,4H3. The lowest BCUT2D eigenvalue weighted by atomic mass is 10.3. The molecule has 0 N–H and O–H groups in total. The lowest BCUT2D eigenvalue weighted by molar-refractivity contribution is -0.109. The molecule has 10 heteroatoms. The second-order valence-electron chi connectivity index (χ2n) is 7.91. The molecule has 0 aliphatic carbocycles. The first-order chi connectivity index (χ1) is 15.9. The Kier molecular flexibility index (Phi) is 18.5. The Hall–Kier alpha value is 2.30. The fourth-order valence-electron chi connectivity index (χ4n) is 2.93. The first-order valence-electron chi connectivity index (χ1n) is 11.2. The van der Waals surface area contributed by atoms with Crippen LogP contribution in [-0.4, -0.2) is 95.1 Å². The number of thioether (sulfide) groups is 9. The Morgan fingerprint density at radius 2 is 1.24 bits per heavy atom. The van der Waals surface area contributed by atoms with Gasteiger partial charge in [0.05, 0.1) is 0 Å². The highest BCUT2D eigenvalue weighted by atomic mass is 32.2. The van der Waals surface area contributed by atoms with Crippen molar-refractivity contribution >= 4 is 111 Å². The second kappa shape index (κ2) is 19.4. The summed E-state index contributed by atoms with van der Waals surface area (Å²) in [5.74, 6) is 15.0. The van der Waals surface area contributed by atoms with Crippen LogP contribution >= 0.6 is 106 Å². The lowest BCUT2D eigenvalue weighted by Gasteiger charge is -2.27. The first-order valence-corrected chi connectivity index (χ1v) is 20.9. The summed E-state index contributed by atoms with van der Waals surface area (Å²) < 4.78 is 0. The van der Waals surface area contributed by atoms with Crippen molar-refractivity contribution in [2.45, 2.75) is 34.8 Å². The van der Waals surface area contributed by atoms with Crippen LogP contribution in [0.4, 0.5) is 0 Å². The van der Waals surface area contributed by atoms with Crippen molar-refractivity contribution in [2.75, 3.05) is 69.0 Å². The van der Waals surface area contributed by atoms with Crippen molar-refractivity contribution in [3.63, 3.8) is 0 Å². The largest absolute Gasteiger partial charge is 0.288 e. The summed E-state index contributed by atoms with van der Waals surface area (Å²) in [6.45, 7) is 11.8. The Morgan fingerprint density at radius 3 is 1.82 bits per heavy atom. The number of hydrogen-bond acceptors (Lipinski definition) is 10. The SMILES string of the molecule is C=C(C)C(=C)SCC1CSC(CSCCSCCSCC2CSCC(CSC(C)=O)S2)CS1. The molecule has 2 saturated heterocycles. The molecule has 2 heterocycles. The smallest absolute Gasteiger partial charge is 0.185 e. The highest BCUT2D eigenvalue weighted by molar-refractivity contribution is 8.15. The monoisotopic (exact) mass is 618 g/mol. The molecule has 4 atom stereocenters. The average Bonchev–Trinajstić information content (AvgIpc) is 2.81. The van der Waals surface area contributed by atoms with Gasteiger partial charge in [0, 0.05) is 102 Å². The number of carbonyl (C=O) groups excluding carboxylic acids is 1. The Labute approximate surface area is 241 Å². The predicted molar refractivity (Wildman–Crippen MR) is 177 cm³/mol. The second-order valence-corrected chi connectivity index (χ2v) is 19.1. The van der Waals surface area contributed by atoms with Crippen LogP contribution in [0.3, 0.4) is 0 Å². The summed E-state index contributed by atoms with van der Waals surface area (Å²) in [4.78, 5) is 12.3. The molecular formula is C23H38OS9. The summed E-state index contributed by atoms with van der Waals surface area (Å²) in [7, 11) is 0. The molecular weight excluding hydrogens is 581 g/mol. The normalized spacial score (nSPS) is 25.6. The number of allylic oxidation sites excluding steroid dienone is 1. The van der Waals surface area contributed by atoms with Crippen LogP contribution in [-0.2, 0) is 4.79 Å². The van der Waals surface area contributed by atoms with Gasteiger partial charge in [-0.25, -0.2) is 0 Å². The lowest BCUT2D eigenvalue weighted by Crippen LogP contribution is -2.25. The van der Waals surface area contributed by atoms with Gasteiger partial charge in [0.2, 0.25) is 0 Å². The molecule has 0 aromatic heterocycles. The summed E-state index contributed by atoms with van der Waals surface area (Å²) in [5, 5.41) is 3.27. The predicted octanol–water partition coefficient (Wildman–Crippen LogP) is 7.72. The molecule has 0 saturated carbocycles. The maximum atomic E-state index is 11.2. The van der Waals surface area contributed by atoms with Crippen molar-refractivity contribution in [3.8, 4) is 0 Å². The van der Waals surface area contributed by atoms with Crippen LogP contribution in [0.2, 0.25) is 0 Å². The van der Waals surface area contributed by atoms with Gasteiger partial charge in [-0.15, -0.1) is 11.8 Å². The molecule has 2 aliphatic heterocycles. The van der Waals surface area contributed by atoms with E-state index in [2.05, 4.69) is 95.5 Å². The topological polar surface area (TPSA) is 17.1 Å². The molecule has 0 aromatic rings. The van der Waals surface area contributed by atoms with Gasteiger partial charge in [-0.2, -0.15) is 82.3 Å². The third-order valence-electron chi connectivity index (χ3n) is 4.77. The molecule has 0 radical (unpaired) electrons. The molecule has 2 rings (SSSR count). The van der Waals surface area contributed by atoms with E-state index in [-0.39, 0.29) is 5.12 Å². The molecule has 190 valence electrons. The van der Waals surface area contributed by atoms with Gasteiger partial charge in [-0.05, 0) is 12.5 Å². The van der Waals surface area contributed by atoms with Crippen molar-refractivity contribution in [1.29, 1.82) is 0 Å². The van der Waals surface area contributed by atoms with E-state index in [4.69, 9.17) is 0 Å². The van der Waals surface area contributed by atoms with Gasteiger partial charge in [0.25, 0.3) is 0 Å². The first kappa shape index (κ1) is 31.5. The maximum absolute atomic E-state index is 11.2. The number of hydrogen-bond donors (Lipinski definition) is 0. The van der Waals surface area contributed by atoms with E-state index in [0.29, 0.717) is 5.25 Å². The van der Waals surface area contributed by atoms with Gasteiger partial charge >= 0.3 is 0 Å².